The maximum absolute atomic E-state index is 13.4. The van der Waals surface area contributed by atoms with Gasteiger partial charge < -0.3 is 39.4 Å². The first-order valence-corrected chi connectivity index (χ1v) is 34.1. The fourth-order valence-corrected chi connectivity index (χ4v) is 15.1. The van der Waals surface area contributed by atoms with Crippen molar-refractivity contribution in [3.05, 3.63) is 321 Å². The molecule has 17 aromatic rings. The van der Waals surface area contributed by atoms with Gasteiger partial charge in [0.2, 0.25) is 11.7 Å². The molecule has 6 aromatic carbocycles. The van der Waals surface area contributed by atoms with Crippen molar-refractivity contribution in [1.82, 2.24) is 100 Å². The van der Waals surface area contributed by atoms with Gasteiger partial charge in [-0.15, -0.1) is 0 Å². The number of nitrogens with one attached hydrogen (secondary N) is 10. The van der Waals surface area contributed by atoms with Crippen molar-refractivity contribution in [3.63, 3.8) is 0 Å². The third-order valence-electron chi connectivity index (χ3n) is 20.1. The van der Waals surface area contributed by atoms with E-state index in [9.17, 15) is 18.0 Å². The van der Waals surface area contributed by atoms with Gasteiger partial charge in [0.05, 0.1) is 95.9 Å². The van der Waals surface area contributed by atoms with Gasteiger partial charge in [0.1, 0.15) is 34.9 Å². The predicted molar refractivity (Wildman–Crippen MR) is 400 cm³/mol. The van der Waals surface area contributed by atoms with E-state index < -0.39 is 5.54 Å². The minimum Gasteiger partial charge on any atom is -0.357 e. The van der Waals surface area contributed by atoms with E-state index in [4.69, 9.17) is 9.51 Å². The van der Waals surface area contributed by atoms with E-state index >= 15 is 0 Å². The molecule has 3 aliphatic rings. The van der Waals surface area contributed by atoms with Crippen LogP contribution in [0.3, 0.4) is 0 Å². The number of hydrogen-bond acceptors (Lipinski definition) is 13. The van der Waals surface area contributed by atoms with E-state index in [0.29, 0.717) is 47.3 Å². The average molecular weight is 1420 g/mol. The second-order valence-electron chi connectivity index (χ2n) is 26.6. The molecule has 0 aliphatic carbocycles. The lowest BCUT2D eigenvalue weighted by Gasteiger charge is -2.39. The predicted octanol–water partition coefficient (Wildman–Crippen LogP) is 14.9. The Morgan fingerprint density at radius 3 is 1.57 bits per heavy atom. The van der Waals surface area contributed by atoms with Crippen molar-refractivity contribution in [2.24, 2.45) is 14.1 Å². The zero-order valence-electron chi connectivity index (χ0n) is 56.1. The molecule has 530 valence electrons. The highest BCUT2D eigenvalue weighted by Crippen LogP contribution is 2.47. The van der Waals surface area contributed by atoms with Crippen LogP contribution in [0.15, 0.2) is 223 Å². The van der Waals surface area contributed by atoms with Gasteiger partial charge in [0, 0.05) is 99.7 Å². The Labute approximate surface area is 604 Å². The number of aryl methyl sites for hydroxylation is 3. The molecule has 0 bridgehead atoms. The van der Waals surface area contributed by atoms with Crippen LogP contribution in [0.25, 0.3) is 77.5 Å². The Kier molecular flexibility index (Phi) is 17.5. The number of fused-ring (bicyclic) bond motifs is 10. The average Bonchev–Trinajstić information content (AvgIpc) is 1.53. The third-order valence-corrected chi connectivity index (χ3v) is 20.1. The molecule has 11 aromatic heterocycles. The van der Waals surface area contributed by atoms with Crippen LogP contribution in [0.1, 0.15) is 125 Å². The van der Waals surface area contributed by atoms with Crippen LogP contribution >= 0.6 is 0 Å². The van der Waals surface area contributed by atoms with Crippen molar-refractivity contribution >= 4 is 43.6 Å². The first-order chi connectivity index (χ1) is 50.8. The molecule has 22 nitrogen and oxygen atoms in total. The fraction of sp³-hybridized carbons (Fsp3) is 0.173. The standard InChI is InChI=1S/C29H22FN5O.C26H22FN9O.C24H21FN6.2CH4/c30-18-11-9-16(10-12-18)25-15-31-28(34-25)24-14-20-19-6-2-4-8-23(19)32-26(20)27(33-24)21-13-17-5-1-3-7-22(17)35-29(21)36;1-14-31-25(35-37-14)26(15-10-30-36(2)13-15)23-18(17-5-3-4-6-19(17)32-23)9-21(34-26)24-29-12-22(33-24)20-8-7-16(27)11-28-20;1-31-13-15(11-27-31)22-23-18(17-4-2-3-5-19(17)28-23)10-20(29-22)24-26-12-21(30-24)14-6-8-16(25)9-7-14;;/h1-13,15,24,27,32-33H,14H2,(H,31,34)(H,35,36);3-8,10-13,21,32,34H,9H2,1-2H3,(H,29,33);2-9,11-13,20,22,28-29H,10H2,1H3,(H,26,30);2*1H4/t24-,27?;21-,26?;20-,22?;;/m111../s1. The van der Waals surface area contributed by atoms with E-state index in [1.54, 1.807) is 54.3 Å². The van der Waals surface area contributed by atoms with Gasteiger partial charge in [-0.1, -0.05) is 92.8 Å². The largest absolute Gasteiger partial charge is 0.357 e. The van der Waals surface area contributed by atoms with Gasteiger partial charge in [0.15, 0.2) is 5.54 Å². The molecule has 0 saturated heterocycles. The maximum atomic E-state index is 13.4. The molecular weight excluding hydrogens is 1340 g/mol. The number of aromatic nitrogens is 17. The van der Waals surface area contributed by atoms with Gasteiger partial charge in [-0.3, -0.25) is 35.1 Å². The molecule has 10 N–H and O–H groups in total. The number of imidazole rings is 3. The zero-order valence-corrected chi connectivity index (χ0v) is 56.1. The number of aromatic amines is 7. The summed E-state index contributed by atoms with van der Waals surface area (Å²) in [6.45, 7) is 1.77. The highest BCUT2D eigenvalue weighted by molar-refractivity contribution is 5.88. The summed E-state index contributed by atoms with van der Waals surface area (Å²) >= 11 is 0. The second-order valence-corrected chi connectivity index (χ2v) is 26.6. The van der Waals surface area contributed by atoms with E-state index in [0.717, 1.165) is 107 Å². The number of nitrogens with zero attached hydrogens (tertiary/aromatic N) is 10. The summed E-state index contributed by atoms with van der Waals surface area (Å²) in [5.74, 6) is 2.37. The quantitative estimate of drug-likeness (QED) is 0.0610. The molecule has 0 amide bonds. The molecule has 0 fully saturated rings. The molecule has 6 atom stereocenters. The van der Waals surface area contributed by atoms with E-state index in [2.05, 4.69) is 135 Å². The summed E-state index contributed by atoms with van der Waals surface area (Å²) in [5.41, 5.74) is 17.0. The minimum atomic E-state index is -0.982. The Bertz CT molecular complexity index is 6050. The van der Waals surface area contributed by atoms with Crippen molar-refractivity contribution in [2.45, 2.75) is 76.8 Å². The van der Waals surface area contributed by atoms with E-state index in [1.807, 2.05) is 104 Å². The molecule has 0 radical (unpaired) electrons. The molecular formula is C81H73F3N20O2. The van der Waals surface area contributed by atoms with Crippen LogP contribution in [0, 0.1) is 24.4 Å². The van der Waals surface area contributed by atoms with Gasteiger partial charge in [-0.05, 0) is 143 Å². The molecule has 0 saturated carbocycles. The van der Waals surface area contributed by atoms with Crippen molar-refractivity contribution in [2.75, 3.05) is 0 Å². The van der Waals surface area contributed by atoms with Crippen molar-refractivity contribution in [1.29, 1.82) is 0 Å². The molecule has 3 aliphatic heterocycles. The Morgan fingerprint density at radius 2 is 1.00 bits per heavy atom. The summed E-state index contributed by atoms with van der Waals surface area (Å²) < 4.78 is 49.2. The first kappa shape index (κ1) is 67.6. The van der Waals surface area contributed by atoms with Crippen LogP contribution in [-0.2, 0) is 38.9 Å². The summed E-state index contributed by atoms with van der Waals surface area (Å²) in [5, 5.41) is 28.9. The highest BCUT2D eigenvalue weighted by Gasteiger charge is 2.50. The lowest BCUT2D eigenvalue weighted by molar-refractivity contribution is 0.317. The smallest absolute Gasteiger partial charge is 0.253 e. The number of H-pyrrole nitrogens is 7. The topological polar surface area (TPSA) is 290 Å². The number of pyridine rings is 2. The van der Waals surface area contributed by atoms with Gasteiger partial charge in [0.25, 0.3) is 5.56 Å². The number of benzene rings is 6. The van der Waals surface area contributed by atoms with E-state index in [-0.39, 0.29) is 68.1 Å². The Morgan fingerprint density at radius 1 is 0.491 bits per heavy atom. The monoisotopic (exact) mass is 1410 g/mol. The second kappa shape index (κ2) is 27.4. The van der Waals surface area contributed by atoms with Crippen LogP contribution in [0.5, 0.6) is 0 Å². The van der Waals surface area contributed by atoms with Gasteiger partial charge in [-0.25, -0.2) is 28.1 Å². The molecule has 106 heavy (non-hydrogen) atoms. The number of halogens is 3. The normalized spacial score (nSPS) is 18.1. The summed E-state index contributed by atoms with van der Waals surface area (Å²) in [6.07, 6.45) is 16.4. The number of hydrogen-bond donors (Lipinski definition) is 10. The Balaban J connectivity index is 0.000000121. The minimum absolute atomic E-state index is 0. The fourth-order valence-electron chi connectivity index (χ4n) is 15.1. The van der Waals surface area contributed by atoms with Crippen LogP contribution < -0.4 is 21.5 Å². The van der Waals surface area contributed by atoms with Crippen LogP contribution in [-0.4, -0.2) is 84.5 Å². The van der Waals surface area contributed by atoms with Gasteiger partial charge in [-0.2, -0.15) is 15.2 Å². The van der Waals surface area contributed by atoms with Crippen molar-refractivity contribution < 1.29 is 17.7 Å². The summed E-state index contributed by atoms with van der Waals surface area (Å²) in [7, 11) is 3.80. The highest BCUT2D eigenvalue weighted by atomic mass is 19.1. The molecule has 20 rings (SSSR count). The summed E-state index contributed by atoms with van der Waals surface area (Å²) in [6, 6.07) is 49.6. The van der Waals surface area contributed by atoms with Gasteiger partial charge >= 0.3 is 0 Å². The van der Waals surface area contributed by atoms with Crippen molar-refractivity contribution in [3.8, 4) is 33.9 Å². The lowest BCUT2D eigenvalue weighted by atomic mass is 9.79. The first-order valence-electron chi connectivity index (χ1n) is 34.1. The van der Waals surface area contributed by atoms with Crippen LogP contribution in [0.2, 0.25) is 0 Å². The lowest BCUT2D eigenvalue weighted by Crippen LogP contribution is -2.51. The maximum Gasteiger partial charge on any atom is 0.253 e. The molecule has 25 heteroatoms. The Hall–Kier alpha value is -12.8. The molecule has 14 heterocycles. The SMILES string of the molecule is C.C.Cc1nc(C2(c3cnn(C)c3)N[C@@H](c3ncc(-c4ccc(F)cn4)[nH]3)Cc3c2[nH]c2ccccc32)no1.Cn1cc(C2N[C@@H](c3ncc(-c4ccc(F)cc4)[nH]3)Cc3c2[nH]c2ccccc32)cn1.O=c1[nH]c2ccccc2cc1C1N[C@@H](c2ncc(-c3ccc(F)cc3)[nH]2)Cc2c1[nH]c1ccccc21. The molecule has 0 spiro atoms. The zero-order chi connectivity index (χ0) is 70.3. The summed E-state index contributed by atoms with van der Waals surface area (Å²) in [4.78, 5) is 60.2. The number of rotatable bonds is 10. The number of para-hydroxylation sites is 4. The van der Waals surface area contributed by atoms with E-state index in [1.165, 1.54) is 58.7 Å². The van der Waals surface area contributed by atoms with Crippen LogP contribution in [0.4, 0.5) is 13.2 Å². The molecule has 3 unspecified atom stereocenters. The third kappa shape index (κ3) is 12.2.